The molecule has 0 aliphatic heterocycles. The van der Waals surface area contributed by atoms with E-state index in [1.54, 1.807) is 0 Å². The fraction of sp³-hybridized carbons (Fsp3) is 0.150. The second-order valence-electron chi connectivity index (χ2n) is 5.94. The Morgan fingerprint density at radius 1 is 1.07 bits per heavy atom. The van der Waals surface area contributed by atoms with Gasteiger partial charge in [0, 0.05) is 34.4 Å². The molecule has 1 heterocycles. The van der Waals surface area contributed by atoms with Crippen molar-refractivity contribution in [1.82, 2.24) is 4.98 Å². The van der Waals surface area contributed by atoms with E-state index in [1.165, 1.54) is 18.3 Å². The van der Waals surface area contributed by atoms with E-state index in [1.807, 2.05) is 53.9 Å². The number of carbonyl (C=O) groups excluding carboxylic acids is 2. The summed E-state index contributed by atoms with van der Waals surface area (Å²) in [6.07, 6.45) is 1.05. The lowest BCUT2D eigenvalue weighted by Gasteiger charge is -2.04. The molecule has 2 aromatic carbocycles. The quantitative estimate of drug-likeness (QED) is 0.556. The van der Waals surface area contributed by atoms with Crippen LogP contribution in [0.1, 0.15) is 18.9 Å². The minimum absolute atomic E-state index is 0.0624. The first-order valence-corrected chi connectivity index (χ1v) is 10.1. The molecule has 5 nitrogen and oxygen atoms in total. The molecule has 1 aromatic heterocycles. The van der Waals surface area contributed by atoms with Crippen LogP contribution in [0.15, 0.2) is 58.4 Å². The fourth-order valence-corrected chi connectivity index (χ4v) is 3.74. The van der Waals surface area contributed by atoms with E-state index in [-0.39, 0.29) is 11.8 Å². The number of rotatable bonds is 6. The van der Waals surface area contributed by atoms with Crippen LogP contribution in [0.2, 0.25) is 0 Å². The van der Waals surface area contributed by atoms with Crippen LogP contribution >= 0.6 is 27.3 Å². The van der Waals surface area contributed by atoms with Crippen LogP contribution < -0.4 is 10.6 Å². The monoisotopic (exact) mass is 443 g/mol. The molecule has 7 heteroatoms. The van der Waals surface area contributed by atoms with Gasteiger partial charge in [-0.2, -0.15) is 0 Å². The van der Waals surface area contributed by atoms with Gasteiger partial charge in [0.1, 0.15) is 0 Å². The highest BCUT2D eigenvalue weighted by Gasteiger charge is 2.09. The van der Waals surface area contributed by atoms with Crippen LogP contribution in [-0.2, 0) is 16.0 Å². The Bertz CT molecular complexity index is 954. The number of benzene rings is 2. The number of nitrogens with one attached hydrogen (secondary N) is 2. The van der Waals surface area contributed by atoms with Gasteiger partial charge in [-0.15, -0.1) is 11.3 Å². The van der Waals surface area contributed by atoms with Crippen molar-refractivity contribution in [3.8, 4) is 11.3 Å². The molecule has 0 fully saturated rings. The zero-order valence-electron chi connectivity index (χ0n) is 14.7. The van der Waals surface area contributed by atoms with E-state index in [4.69, 9.17) is 0 Å². The van der Waals surface area contributed by atoms with Gasteiger partial charge in [-0.05, 0) is 30.2 Å². The van der Waals surface area contributed by atoms with Crippen LogP contribution in [0.3, 0.4) is 0 Å². The maximum atomic E-state index is 12.2. The Morgan fingerprint density at radius 3 is 2.52 bits per heavy atom. The van der Waals surface area contributed by atoms with E-state index in [0.29, 0.717) is 18.0 Å². The van der Waals surface area contributed by atoms with Gasteiger partial charge in [-0.3, -0.25) is 9.59 Å². The maximum absolute atomic E-state index is 12.2. The number of hydrogen-bond donors (Lipinski definition) is 2. The Morgan fingerprint density at radius 2 is 1.81 bits per heavy atom. The van der Waals surface area contributed by atoms with Crippen LogP contribution in [0, 0.1) is 0 Å². The highest BCUT2D eigenvalue weighted by atomic mass is 79.9. The van der Waals surface area contributed by atoms with Crippen molar-refractivity contribution < 1.29 is 9.59 Å². The number of aromatic nitrogens is 1. The predicted molar refractivity (Wildman–Crippen MR) is 113 cm³/mol. The standard InChI is InChI=1S/C20H18BrN3O2S/c1-13(25)22-16-9-6-15(7-10-16)18-12-27-20(23-18)24-19(26)11-8-14-4-2-3-5-17(14)21/h2-7,9-10,12H,8,11H2,1H3,(H,22,25)(H,23,24,26). The molecule has 138 valence electrons. The van der Waals surface area contributed by atoms with Gasteiger partial charge in [-0.25, -0.2) is 4.98 Å². The van der Waals surface area contributed by atoms with Crippen molar-refractivity contribution >= 4 is 49.9 Å². The molecular formula is C20H18BrN3O2S. The van der Waals surface area contributed by atoms with Gasteiger partial charge in [0.15, 0.2) is 5.13 Å². The third-order valence-electron chi connectivity index (χ3n) is 3.83. The number of amides is 2. The second-order valence-corrected chi connectivity index (χ2v) is 7.65. The topological polar surface area (TPSA) is 71.1 Å². The molecule has 0 atom stereocenters. The molecule has 0 saturated carbocycles. The highest BCUT2D eigenvalue weighted by Crippen LogP contribution is 2.26. The number of aryl methyl sites for hydroxylation is 1. The van der Waals surface area contributed by atoms with Crippen molar-refractivity contribution in [3.63, 3.8) is 0 Å². The van der Waals surface area contributed by atoms with Crippen molar-refractivity contribution in [1.29, 1.82) is 0 Å². The Labute approximate surface area is 170 Å². The number of anilines is 2. The lowest BCUT2D eigenvalue weighted by molar-refractivity contribution is -0.116. The lowest BCUT2D eigenvalue weighted by atomic mass is 10.1. The number of thiazole rings is 1. The van der Waals surface area contributed by atoms with Gasteiger partial charge in [0.25, 0.3) is 0 Å². The van der Waals surface area contributed by atoms with Gasteiger partial charge in [0.2, 0.25) is 11.8 Å². The van der Waals surface area contributed by atoms with E-state index in [0.717, 1.165) is 27.0 Å². The minimum atomic E-state index is -0.107. The molecule has 0 saturated heterocycles. The van der Waals surface area contributed by atoms with Gasteiger partial charge < -0.3 is 10.6 Å². The van der Waals surface area contributed by atoms with E-state index in [2.05, 4.69) is 31.5 Å². The molecule has 0 aliphatic rings. The number of nitrogens with zero attached hydrogens (tertiary/aromatic N) is 1. The van der Waals surface area contributed by atoms with Crippen LogP contribution in [0.5, 0.6) is 0 Å². The summed E-state index contributed by atoms with van der Waals surface area (Å²) in [6, 6.07) is 15.3. The fourth-order valence-electron chi connectivity index (χ4n) is 2.52. The summed E-state index contributed by atoms with van der Waals surface area (Å²) in [5.41, 5.74) is 3.55. The Kier molecular flexibility index (Phi) is 6.36. The summed E-state index contributed by atoms with van der Waals surface area (Å²) >= 11 is 4.89. The molecule has 0 unspecified atom stereocenters. The molecule has 2 N–H and O–H groups in total. The molecule has 0 spiro atoms. The molecule has 27 heavy (non-hydrogen) atoms. The summed E-state index contributed by atoms with van der Waals surface area (Å²) in [5, 5.41) is 8.06. The SMILES string of the molecule is CC(=O)Nc1ccc(-c2csc(NC(=O)CCc3ccccc3Br)n2)cc1. The number of carbonyl (C=O) groups is 2. The average molecular weight is 444 g/mol. The van der Waals surface area contributed by atoms with Gasteiger partial charge in [0.05, 0.1) is 5.69 Å². The number of hydrogen-bond acceptors (Lipinski definition) is 4. The average Bonchev–Trinajstić information content (AvgIpc) is 3.09. The highest BCUT2D eigenvalue weighted by molar-refractivity contribution is 9.10. The smallest absolute Gasteiger partial charge is 0.226 e. The molecule has 3 rings (SSSR count). The van der Waals surface area contributed by atoms with Crippen LogP contribution in [0.4, 0.5) is 10.8 Å². The summed E-state index contributed by atoms with van der Waals surface area (Å²) < 4.78 is 1.01. The minimum Gasteiger partial charge on any atom is -0.326 e. The maximum Gasteiger partial charge on any atom is 0.226 e. The molecule has 0 bridgehead atoms. The van der Waals surface area contributed by atoms with E-state index in [9.17, 15) is 9.59 Å². The third-order valence-corrected chi connectivity index (χ3v) is 5.36. The van der Waals surface area contributed by atoms with Crippen molar-refractivity contribution in [2.24, 2.45) is 0 Å². The third kappa shape index (κ3) is 5.48. The molecular weight excluding hydrogens is 426 g/mol. The Balaban J connectivity index is 1.58. The first-order chi connectivity index (χ1) is 13.0. The lowest BCUT2D eigenvalue weighted by Crippen LogP contribution is -2.12. The number of halogens is 1. The molecule has 2 amide bonds. The molecule has 0 aliphatic carbocycles. The summed E-state index contributed by atoms with van der Waals surface area (Å²) in [7, 11) is 0. The Hall–Kier alpha value is -2.51. The van der Waals surface area contributed by atoms with Crippen molar-refractivity contribution in [3.05, 3.63) is 63.9 Å². The summed E-state index contributed by atoms with van der Waals surface area (Å²) in [4.78, 5) is 27.7. The predicted octanol–water partition coefficient (Wildman–Crippen LogP) is 5.10. The van der Waals surface area contributed by atoms with Crippen molar-refractivity contribution in [2.45, 2.75) is 19.8 Å². The van der Waals surface area contributed by atoms with Crippen LogP contribution in [-0.4, -0.2) is 16.8 Å². The summed E-state index contributed by atoms with van der Waals surface area (Å²) in [6.45, 7) is 1.47. The largest absolute Gasteiger partial charge is 0.326 e. The zero-order chi connectivity index (χ0) is 19.2. The second kappa shape index (κ2) is 8.92. The van der Waals surface area contributed by atoms with Gasteiger partial charge in [-0.1, -0.05) is 46.3 Å². The first kappa shape index (κ1) is 19.3. The van der Waals surface area contributed by atoms with Crippen LogP contribution in [0.25, 0.3) is 11.3 Å². The molecule has 3 aromatic rings. The van der Waals surface area contributed by atoms with Crippen molar-refractivity contribution in [2.75, 3.05) is 10.6 Å². The summed E-state index contributed by atoms with van der Waals surface area (Å²) in [5.74, 6) is -0.170. The van der Waals surface area contributed by atoms with E-state index >= 15 is 0 Å². The normalized spacial score (nSPS) is 10.4. The van der Waals surface area contributed by atoms with Gasteiger partial charge >= 0.3 is 0 Å². The zero-order valence-corrected chi connectivity index (χ0v) is 17.1. The molecule has 0 radical (unpaired) electrons. The first-order valence-electron chi connectivity index (χ1n) is 8.38. The van der Waals surface area contributed by atoms with E-state index < -0.39 is 0 Å².